The van der Waals surface area contributed by atoms with E-state index in [0.29, 0.717) is 12.4 Å². The van der Waals surface area contributed by atoms with Gasteiger partial charge >= 0.3 is 0 Å². The lowest BCUT2D eigenvalue weighted by Crippen LogP contribution is -2.16. The predicted molar refractivity (Wildman–Crippen MR) is 107 cm³/mol. The van der Waals surface area contributed by atoms with E-state index in [1.807, 2.05) is 54.6 Å². The Morgan fingerprint density at radius 1 is 0.731 bits per heavy atom. The van der Waals surface area contributed by atoms with Gasteiger partial charge in [0.15, 0.2) is 0 Å². The standard InChI is InChI=1S/C21H19N5/c22-20-18-13-15(11-12-19(18)24-21(23)25-20)14-26(16-7-3-1-4-8-16)17-9-5-2-6-10-17/h1-13H,14H2,(H4,22,23,24,25). The van der Waals surface area contributed by atoms with E-state index in [2.05, 4.69) is 39.1 Å². The molecule has 0 fully saturated rings. The number of para-hydroxylation sites is 2. The highest BCUT2D eigenvalue weighted by molar-refractivity contribution is 5.89. The van der Waals surface area contributed by atoms with Gasteiger partial charge in [-0.15, -0.1) is 0 Å². The van der Waals surface area contributed by atoms with Crippen LogP contribution in [0.5, 0.6) is 0 Å². The van der Waals surface area contributed by atoms with E-state index < -0.39 is 0 Å². The summed E-state index contributed by atoms with van der Waals surface area (Å²) < 4.78 is 0. The second-order valence-electron chi connectivity index (χ2n) is 6.08. The Bertz CT molecular complexity index is 993. The van der Waals surface area contributed by atoms with Crippen molar-refractivity contribution < 1.29 is 0 Å². The molecule has 5 nitrogen and oxygen atoms in total. The minimum atomic E-state index is 0.193. The Hall–Kier alpha value is -3.60. The number of hydrogen-bond acceptors (Lipinski definition) is 5. The molecule has 4 N–H and O–H groups in total. The molecule has 0 unspecified atom stereocenters. The van der Waals surface area contributed by atoms with Crippen LogP contribution in [0.2, 0.25) is 0 Å². The van der Waals surface area contributed by atoms with Crippen LogP contribution in [0.3, 0.4) is 0 Å². The van der Waals surface area contributed by atoms with Crippen LogP contribution in [0.1, 0.15) is 5.56 Å². The fourth-order valence-corrected chi connectivity index (χ4v) is 3.05. The molecular weight excluding hydrogens is 322 g/mol. The summed E-state index contributed by atoms with van der Waals surface area (Å²) in [6.45, 7) is 0.702. The highest BCUT2D eigenvalue weighted by Crippen LogP contribution is 2.28. The van der Waals surface area contributed by atoms with Crippen molar-refractivity contribution in [3.63, 3.8) is 0 Å². The predicted octanol–water partition coefficient (Wildman–Crippen LogP) is 4.13. The summed E-state index contributed by atoms with van der Waals surface area (Å²) in [5, 5.41) is 0.817. The fraction of sp³-hybridized carbons (Fsp3) is 0.0476. The van der Waals surface area contributed by atoms with Gasteiger partial charge in [-0.1, -0.05) is 42.5 Å². The summed E-state index contributed by atoms with van der Waals surface area (Å²) in [5.41, 5.74) is 15.8. The molecule has 0 amide bonds. The second kappa shape index (κ2) is 6.72. The maximum absolute atomic E-state index is 6.03. The molecule has 0 radical (unpaired) electrons. The van der Waals surface area contributed by atoms with E-state index in [0.717, 1.165) is 27.8 Å². The molecule has 128 valence electrons. The highest BCUT2D eigenvalue weighted by Gasteiger charge is 2.11. The SMILES string of the molecule is Nc1nc(N)c2cc(CN(c3ccccc3)c3ccccc3)ccc2n1. The van der Waals surface area contributed by atoms with E-state index in [1.54, 1.807) is 0 Å². The van der Waals surface area contributed by atoms with Crippen molar-refractivity contribution in [2.24, 2.45) is 0 Å². The fourth-order valence-electron chi connectivity index (χ4n) is 3.05. The molecule has 0 spiro atoms. The normalized spacial score (nSPS) is 10.8. The summed E-state index contributed by atoms with van der Waals surface area (Å²) in [5.74, 6) is 0.596. The second-order valence-corrected chi connectivity index (χ2v) is 6.08. The van der Waals surface area contributed by atoms with E-state index in [9.17, 15) is 0 Å². The van der Waals surface area contributed by atoms with Crippen LogP contribution in [-0.2, 0) is 6.54 Å². The van der Waals surface area contributed by atoms with Gasteiger partial charge in [-0.05, 0) is 42.0 Å². The van der Waals surface area contributed by atoms with Gasteiger partial charge in [-0.2, -0.15) is 4.98 Å². The first kappa shape index (κ1) is 15.9. The number of nitrogen functional groups attached to an aromatic ring is 2. The van der Waals surface area contributed by atoms with E-state index in [1.165, 1.54) is 0 Å². The summed E-state index contributed by atoms with van der Waals surface area (Å²) in [4.78, 5) is 10.6. The van der Waals surface area contributed by atoms with Crippen LogP contribution in [0, 0.1) is 0 Å². The number of rotatable bonds is 4. The molecule has 0 aliphatic carbocycles. The third-order valence-electron chi connectivity index (χ3n) is 4.28. The van der Waals surface area contributed by atoms with Crippen LogP contribution < -0.4 is 16.4 Å². The first-order valence-corrected chi connectivity index (χ1v) is 8.40. The van der Waals surface area contributed by atoms with Crippen molar-refractivity contribution in [2.75, 3.05) is 16.4 Å². The molecule has 5 heteroatoms. The van der Waals surface area contributed by atoms with Crippen LogP contribution in [-0.4, -0.2) is 9.97 Å². The van der Waals surface area contributed by atoms with Crippen molar-refractivity contribution in [3.05, 3.63) is 84.4 Å². The molecule has 4 rings (SSSR count). The molecular formula is C21H19N5. The number of fused-ring (bicyclic) bond motifs is 1. The van der Waals surface area contributed by atoms with Crippen molar-refractivity contribution in [2.45, 2.75) is 6.54 Å². The van der Waals surface area contributed by atoms with Crippen LogP contribution in [0.4, 0.5) is 23.1 Å². The zero-order valence-corrected chi connectivity index (χ0v) is 14.2. The summed E-state index contributed by atoms with van der Waals surface area (Å²) in [6, 6.07) is 26.6. The third kappa shape index (κ3) is 3.15. The van der Waals surface area contributed by atoms with Crippen molar-refractivity contribution in [1.29, 1.82) is 0 Å². The zero-order valence-electron chi connectivity index (χ0n) is 14.2. The van der Waals surface area contributed by atoms with E-state index in [-0.39, 0.29) is 5.95 Å². The number of nitrogens with two attached hydrogens (primary N) is 2. The lowest BCUT2D eigenvalue weighted by atomic mass is 10.1. The Morgan fingerprint density at radius 3 is 1.96 bits per heavy atom. The molecule has 26 heavy (non-hydrogen) atoms. The van der Waals surface area contributed by atoms with Crippen LogP contribution >= 0.6 is 0 Å². The first-order valence-electron chi connectivity index (χ1n) is 8.40. The molecule has 3 aromatic carbocycles. The Labute approximate surface area is 151 Å². The molecule has 0 aliphatic rings. The summed E-state index contributed by atoms with van der Waals surface area (Å²) in [7, 11) is 0. The van der Waals surface area contributed by atoms with Gasteiger partial charge < -0.3 is 16.4 Å². The van der Waals surface area contributed by atoms with Crippen molar-refractivity contribution in [3.8, 4) is 0 Å². The van der Waals surface area contributed by atoms with Gasteiger partial charge in [0.25, 0.3) is 0 Å². The number of benzene rings is 3. The molecule has 0 aliphatic heterocycles. The van der Waals surface area contributed by atoms with Gasteiger partial charge in [0, 0.05) is 23.3 Å². The Kier molecular flexibility index (Phi) is 4.11. The monoisotopic (exact) mass is 341 g/mol. The van der Waals surface area contributed by atoms with Gasteiger partial charge in [-0.3, -0.25) is 0 Å². The van der Waals surface area contributed by atoms with Crippen molar-refractivity contribution >= 4 is 34.0 Å². The topological polar surface area (TPSA) is 81.1 Å². The van der Waals surface area contributed by atoms with Gasteiger partial charge in [-0.25, -0.2) is 4.98 Å². The lowest BCUT2D eigenvalue weighted by molar-refractivity contribution is 0.977. The van der Waals surface area contributed by atoms with Crippen molar-refractivity contribution in [1.82, 2.24) is 9.97 Å². The third-order valence-corrected chi connectivity index (χ3v) is 4.28. The van der Waals surface area contributed by atoms with Crippen LogP contribution in [0.25, 0.3) is 10.9 Å². The van der Waals surface area contributed by atoms with Crippen LogP contribution in [0.15, 0.2) is 78.9 Å². The molecule has 4 aromatic rings. The zero-order chi connectivity index (χ0) is 17.9. The summed E-state index contributed by atoms with van der Waals surface area (Å²) >= 11 is 0. The largest absolute Gasteiger partial charge is 0.383 e. The first-order chi connectivity index (χ1) is 12.7. The Balaban J connectivity index is 1.75. The molecule has 0 saturated carbocycles. The molecule has 1 aromatic heterocycles. The Morgan fingerprint density at radius 2 is 1.35 bits per heavy atom. The minimum Gasteiger partial charge on any atom is -0.383 e. The van der Waals surface area contributed by atoms with Gasteiger partial charge in [0.2, 0.25) is 5.95 Å². The molecule has 0 atom stereocenters. The average Bonchev–Trinajstić information content (AvgIpc) is 2.68. The number of anilines is 4. The number of aromatic nitrogens is 2. The van der Waals surface area contributed by atoms with Gasteiger partial charge in [0.05, 0.1) is 5.52 Å². The molecule has 0 saturated heterocycles. The smallest absolute Gasteiger partial charge is 0.222 e. The number of nitrogens with zero attached hydrogens (tertiary/aromatic N) is 3. The lowest BCUT2D eigenvalue weighted by Gasteiger charge is -2.25. The van der Waals surface area contributed by atoms with E-state index in [4.69, 9.17) is 11.5 Å². The molecule has 1 heterocycles. The van der Waals surface area contributed by atoms with E-state index >= 15 is 0 Å². The highest BCUT2D eigenvalue weighted by atomic mass is 15.1. The summed E-state index contributed by atoms with van der Waals surface area (Å²) in [6.07, 6.45) is 0. The van der Waals surface area contributed by atoms with Gasteiger partial charge in [0.1, 0.15) is 5.82 Å². The molecule has 0 bridgehead atoms. The number of hydrogen-bond donors (Lipinski definition) is 2. The maximum atomic E-state index is 6.03. The quantitative estimate of drug-likeness (QED) is 0.583. The maximum Gasteiger partial charge on any atom is 0.222 e. The minimum absolute atomic E-state index is 0.193. The average molecular weight is 341 g/mol.